The molecule has 0 radical (unpaired) electrons. The van der Waals surface area contributed by atoms with Gasteiger partial charge in [-0.05, 0) is 43.3 Å². The number of aliphatic hydroxyl groups is 1. The van der Waals surface area contributed by atoms with Crippen LogP contribution in [-0.2, 0) is 5.60 Å². The maximum atomic E-state index is 13.7. The SMILES string of the molecule is Cc1ccc(C(O)(CCNc2nc(-c3ccncc3)nc3ccccc23)C(F)(F)F)o1. The molecular formula is C22H19F3N4O2. The lowest BCUT2D eigenvalue weighted by Gasteiger charge is -2.28. The maximum absolute atomic E-state index is 13.7. The monoisotopic (exact) mass is 428 g/mol. The van der Waals surface area contributed by atoms with E-state index in [0.717, 1.165) is 11.6 Å². The van der Waals surface area contributed by atoms with Gasteiger partial charge in [-0.1, -0.05) is 12.1 Å². The zero-order valence-electron chi connectivity index (χ0n) is 16.5. The van der Waals surface area contributed by atoms with Gasteiger partial charge in [0, 0.05) is 36.3 Å². The predicted octanol–water partition coefficient (Wildman–Crippen LogP) is 4.85. The van der Waals surface area contributed by atoms with Gasteiger partial charge in [-0.15, -0.1) is 0 Å². The number of nitrogens with one attached hydrogen (secondary N) is 1. The van der Waals surface area contributed by atoms with Gasteiger partial charge in [0.1, 0.15) is 17.3 Å². The Morgan fingerprint density at radius 1 is 1.00 bits per heavy atom. The minimum atomic E-state index is -4.91. The molecule has 0 bridgehead atoms. The first-order valence-electron chi connectivity index (χ1n) is 9.55. The first kappa shape index (κ1) is 20.8. The highest BCUT2D eigenvalue weighted by atomic mass is 19.4. The highest BCUT2D eigenvalue weighted by molar-refractivity contribution is 5.90. The summed E-state index contributed by atoms with van der Waals surface area (Å²) in [6.45, 7) is 1.32. The molecule has 160 valence electrons. The number of pyridine rings is 1. The van der Waals surface area contributed by atoms with E-state index >= 15 is 0 Å². The van der Waals surface area contributed by atoms with Crippen molar-refractivity contribution < 1.29 is 22.7 Å². The summed E-state index contributed by atoms with van der Waals surface area (Å²) in [6, 6.07) is 13.2. The second-order valence-electron chi connectivity index (χ2n) is 7.09. The van der Waals surface area contributed by atoms with Crippen LogP contribution in [0.3, 0.4) is 0 Å². The molecule has 0 amide bonds. The number of nitrogens with zero attached hydrogens (tertiary/aromatic N) is 3. The van der Waals surface area contributed by atoms with E-state index in [2.05, 4.69) is 20.3 Å². The molecule has 9 heteroatoms. The number of halogens is 3. The lowest BCUT2D eigenvalue weighted by atomic mass is 9.95. The summed E-state index contributed by atoms with van der Waals surface area (Å²) in [5.41, 5.74) is -1.76. The minimum Gasteiger partial charge on any atom is -0.463 e. The van der Waals surface area contributed by atoms with E-state index in [9.17, 15) is 18.3 Å². The van der Waals surface area contributed by atoms with Crippen molar-refractivity contribution in [3.63, 3.8) is 0 Å². The molecule has 4 rings (SSSR count). The molecule has 31 heavy (non-hydrogen) atoms. The fourth-order valence-corrected chi connectivity index (χ4v) is 3.26. The minimum absolute atomic E-state index is 0.202. The van der Waals surface area contributed by atoms with Gasteiger partial charge < -0.3 is 14.8 Å². The highest BCUT2D eigenvalue weighted by Crippen LogP contribution is 2.42. The number of fused-ring (bicyclic) bond motifs is 1. The van der Waals surface area contributed by atoms with Crippen LogP contribution in [0.2, 0.25) is 0 Å². The second kappa shape index (κ2) is 7.99. The largest absolute Gasteiger partial charge is 0.463 e. The fourth-order valence-electron chi connectivity index (χ4n) is 3.26. The number of furan rings is 1. The molecule has 3 aromatic heterocycles. The van der Waals surface area contributed by atoms with Gasteiger partial charge in [0.05, 0.1) is 5.52 Å². The van der Waals surface area contributed by atoms with Crippen molar-refractivity contribution >= 4 is 16.7 Å². The van der Waals surface area contributed by atoms with E-state index in [1.54, 1.807) is 42.7 Å². The molecule has 0 spiro atoms. The number of para-hydroxylation sites is 1. The zero-order chi connectivity index (χ0) is 22.1. The van der Waals surface area contributed by atoms with Gasteiger partial charge in [-0.3, -0.25) is 4.98 Å². The van der Waals surface area contributed by atoms with Crippen molar-refractivity contribution in [1.29, 1.82) is 0 Å². The Morgan fingerprint density at radius 3 is 2.42 bits per heavy atom. The molecule has 3 heterocycles. The number of rotatable bonds is 6. The first-order chi connectivity index (χ1) is 14.8. The van der Waals surface area contributed by atoms with Crippen LogP contribution in [0.4, 0.5) is 19.0 Å². The Bertz CT molecular complexity index is 1190. The summed E-state index contributed by atoms with van der Waals surface area (Å²) in [7, 11) is 0. The Kier molecular flexibility index (Phi) is 5.36. The lowest BCUT2D eigenvalue weighted by molar-refractivity contribution is -0.274. The van der Waals surface area contributed by atoms with E-state index in [0.29, 0.717) is 22.5 Å². The highest BCUT2D eigenvalue weighted by Gasteiger charge is 2.56. The number of benzene rings is 1. The van der Waals surface area contributed by atoms with Crippen LogP contribution in [0.5, 0.6) is 0 Å². The molecule has 0 saturated carbocycles. The standard InChI is InChI=1S/C22H19F3N4O2/c1-14-6-7-18(31-14)21(30,22(23,24)25)10-13-27-20-16-4-2-3-5-17(16)28-19(29-20)15-8-11-26-12-9-15/h2-9,11-12,30H,10,13H2,1H3,(H,27,28,29). The zero-order valence-corrected chi connectivity index (χ0v) is 16.5. The van der Waals surface area contributed by atoms with E-state index in [-0.39, 0.29) is 12.3 Å². The molecule has 0 fully saturated rings. The summed E-state index contributed by atoms with van der Waals surface area (Å²) in [5.74, 6) is 0.535. The van der Waals surface area contributed by atoms with Crippen LogP contribution in [0.1, 0.15) is 17.9 Å². The van der Waals surface area contributed by atoms with Crippen LogP contribution < -0.4 is 5.32 Å². The van der Waals surface area contributed by atoms with Crippen LogP contribution in [0, 0.1) is 6.92 Å². The third kappa shape index (κ3) is 4.09. The smallest absolute Gasteiger partial charge is 0.424 e. The number of hydrogen-bond donors (Lipinski definition) is 2. The summed E-state index contributed by atoms with van der Waals surface area (Å²) >= 11 is 0. The number of hydrogen-bond acceptors (Lipinski definition) is 6. The van der Waals surface area contributed by atoms with Gasteiger partial charge in [-0.2, -0.15) is 13.2 Å². The average molecular weight is 428 g/mol. The van der Waals surface area contributed by atoms with Crippen molar-refractivity contribution in [2.75, 3.05) is 11.9 Å². The van der Waals surface area contributed by atoms with E-state index < -0.39 is 24.0 Å². The van der Waals surface area contributed by atoms with E-state index in [1.165, 1.54) is 13.0 Å². The molecule has 0 aliphatic rings. The number of aryl methyl sites for hydroxylation is 1. The fraction of sp³-hybridized carbons (Fsp3) is 0.227. The molecule has 0 saturated heterocycles. The lowest BCUT2D eigenvalue weighted by Crippen LogP contribution is -2.43. The van der Waals surface area contributed by atoms with E-state index in [4.69, 9.17) is 4.42 Å². The predicted molar refractivity (Wildman–Crippen MR) is 109 cm³/mol. The van der Waals surface area contributed by atoms with Gasteiger partial charge in [0.15, 0.2) is 5.82 Å². The Morgan fingerprint density at radius 2 is 1.74 bits per heavy atom. The Balaban J connectivity index is 1.64. The van der Waals surface area contributed by atoms with Crippen molar-refractivity contribution in [1.82, 2.24) is 15.0 Å². The van der Waals surface area contributed by atoms with Crippen molar-refractivity contribution in [2.24, 2.45) is 0 Å². The summed E-state index contributed by atoms with van der Waals surface area (Å²) in [5, 5.41) is 14.0. The van der Waals surface area contributed by atoms with Crippen LogP contribution in [-0.4, -0.2) is 32.8 Å². The second-order valence-corrected chi connectivity index (χ2v) is 7.09. The van der Waals surface area contributed by atoms with Crippen molar-refractivity contribution in [3.8, 4) is 11.4 Å². The van der Waals surface area contributed by atoms with Crippen LogP contribution >= 0.6 is 0 Å². The normalized spacial score (nSPS) is 13.8. The number of alkyl halides is 3. The number of aromatic nitrogens is 3. The molecule has 6 nitrogen and oxygen atoms in total. The summed E-state index contributed by atoms with van der Waals surface area (Å²) in [4.78, 5) is 13.0. The Labute approximate surface area is 175 Å². The number of anilines is 1. The van der Waals surface area contributed by atoms with Gasteiger partial charge in [0.2, 0.25) is 5.60 Å². The van der Waals surface area contributed by atoms with Crippen LogP contribution in [0.15, 0.2) is 65.3 Å². The quantitative estimate of drug-likeness (QED) is 0.457. The molecular weight excluding hydrogens is 409 g/mol. The van der Waals surface area contributed by atoms with Gasteiger partial charge in [0.25, 0.3) is 0 Å². The van der Waals surface area contributed by atoms with Gasteiger partial charge in [-0.25, -0.2) is 9.97 Å². The molecule has 1 atom stereocenters. The van der Waals surface area contributed by atoms with E-state index in [1.807, 2.05) is 6.07 Å². The molecule has 0 aliphatic heterocycles. The molecule has 1 aromatic carbocycles. The van der Waals surface area contributed by atoms with Crippen molar-refractivity contribution in [3.05, 3.63) is 72.4 Å². The molecule has 1 unspecified atom stereocenters. The Hall–Kier alpha value is -3.46. The van der Waals surface area contributed by atoms with Crippen LogP contribution in [0.25, 0.3) is 22.3 Å². The van der Waals surface area contributed by atoms with Crippen molar-refractivity contribution in [2.45, 2.75) is 25.1 Å². The third-order valence-corrected chi connectivity index (χ3v) is 4.94. The summed E-state index contributed by atoms with van der Waals surface area (Å²) < 4.78 is 46.2. The maximum Gasteiger partial charge on any atom is 0.424 e. The molecule has 4 aromatic rings. The van der Waals surface area contributed by atoms with Gasteiger partial charge >= 0.3 is 6.18 Å². The third-order valence-electron chi connectivity index (χ3n) is 4.94. The molecule has 0 aliphatic carbocycles. The topological polar surface area (TPSA) is 84.1 Å². The summed E-state index contributed by atoms with van der Waals surface area (Å²) in [6.07, 6.45) is -2.35. The molecule has 2 N–H and O–H groups in total. The average Bonchev–Trinajstić information content (AvgIpc) is 3.20. The first-order valence-corrected chi connectivity index (χ1v) is 9.55.